The Morgan fingerprint density at radius 1 is 0.964 bits per heavy atom. The number of carbonyl (C=O) groups is 2. The van der Waals surface area contributed by atoms with Crippen molar-refractivity contribution in [3.8, 4) is 5.75 Å². The van der Waals surface area contributed by atoms with E-state index < -0.39 is 24.6 Å². The van der Waals surface area contributed by atoms with Gasteiger partial charge < -0.3 is 19.1 Å². The monoisotopic (exact) mass is 391 g/mol. The van der Waals surface area contributed by atoms with Gasteiger partial charge in [-0.1, -0.05) is 42.5 Å². The summed E-state index contributed by atoms with van der Waals surface area (Å²) >= 11 is 0. The molecule has 0 spiro atoms. The number of esters is 1. The lowest BCUT2D eigenvalue weighted by atomic mass is 10.1. The Hall–Kier alpha value is -3.00. The van der Waals surface area contributed by atoms with Crippen molar-refractivity contribution in [2.75, 3.05) is 26.3 Å². The molecule has 1 aliphatic rings. The van der Waals surface area contributed by atoms with Crippen LogP contribution in [-0.2, 0) is 14.3 Å². The molecule has 0 aliphatic carbocycles. The predicted octanol–water partition coefficient (Wildman–Crippen LogP) is 3.04. The van der Waals surface area contributed by atoms with Gasteiger partial charge in [0.2, 0.25) is 6.10 Å². The van der Waals surface area contributed by atoms with Gasteiger partial charge in [0.05, 0.1) is 13.2 Å². The maximum atomic E-state index is 13.0. The van der Waals surface area contributed by atoms with Gasteiger partial charge in [-0.05, 0) is 12.1 Å². The first kappa shape index (κ1) is 19.8. The lowest BCUT2D eigenvalue weighted by molar-refractivity contribution is -0.145. The first-order valence-corrected chi connectivity index (χ1v) is 8.72. The van der Waals surface area contributed by atoms with E-state index in [4.69, 9.17) is 9.47 Å². The van der Waals surface area contributed by atoms with E-state index in [0.717, 1.165) is 0 Å². The summed E-state index contributed by atoms with van der Waals surface area (Å²) in [7, 11) is 0. The Kier molecular flexibility index (Phi) is 6.54. The van der Waals surface area contributed by atoms with Crippen LogP contribution in [0.1, 0.15) is 22.0 Å². The Balaban J connectivity index is 1.85. The van der Waals surface area contributed by atoms with Crippen LogP contribution in [-0.4, -0.2) is 49.7 Å². The van der Waals surface area contributed by atoms with Gasteiger partial charge in [-0.15, -0.1) is 0 Å². The number of hydrogen-bond donors (Lipinski definition) is 0. The van der Waals surface area contributed by atoms with E-state index >= 15 is 0 Å². The molecule has 6 nitrogen and oxygen atoms in total. The fraction of sp³-hybridized carbons (Fsp3) is 0.300. The van der Waals surface area contributed by atoms with Crippen LogP contribution < -0.4 is 4.74 Å². The van der Waals surface area contributed by atoms with E-state index in [0.29, 0.717) is 31.9 Å². The van der Waals surface area contributed by atoms with Crippen molar-refractivity contribution in [1.82, 2.24) is 4.90 Å². The summed E-state index contributed by atoms with van der Waals surface area (Å²) in [6.45, 7) is -1.54. The van der Waals surface area contributed by atoms with Crippen LogP contribution in [0.2, 0.25) is 0 Å². The number of ether oxygens (including phenoxy) is 3. The van der Waals surface area contributed by atoms with E-state index in [2.05, 4.69) is 4.74 Å². The van der Waals surface area contributed by atoms with Gasteiger partial charge >= 0.3 is 12.6 Å². The molecule has 3 rings (SSSR count). The van der Waals surface area contributed by atoms with Crippen molar-refractivity contribution in [3.05, 3.63) is 65.7 Å². The standard InChI is InChI=1S/C20H19F2NO5/c21-20(22)27-16-9-5-4-8-15(16)19(25)28-17(14-6-2-1-3-7-14)18(24)23-10-12-26-13-11-23/h1-9,17,20H,10-13H2. The van der Waals surface area contributed by atoms with Crippen molar-refractivity contribution in [1.29, 1.82) is 0 Å². The molecule has 28 heavy (non-hydrogen) atoms. The van der Waals surface area contributed by atoms with Crippen LogP contribution in [0.3, 0.4) is 0 Å². The minimum atomic E-state index is -3.09. The number of amides is 1. The van der Waals surface area contributed by atoms with Crippen LogP contribution in [0, 0.1) is 0 Å². The lowest BCUT2D eigenvalue weighted by Gasteiger charge is -2.30. The first-order chi connectivity index (χ1) is 13.6. The Bertz CT molecular complexity index is 809. The summed E-state index contributed by atoms with van der Waals surface area (Å²) in [5.41, 5.74) is 0.304. The van der Waals surface area contributed by atoms with Crippen molar-refractivity contribution in [3.63, 3.8) is 0 Å². The molecule has 8 heteroatoms. The number of para-hydroxylation sites is 1. The number of halogens is 2. The van der Waals surface area contributed by atoms with E-state index in [-0.39, 0.29) is 11.3 Å². The number of hydrogen-bond acceptors (Lipinski definition) is 5. The van der Waals surface area contributed by atoms with Crippen LogP contribution in [0.15, 0.2) is 54.6 Å². The van der Waals surface area contributed by atoms with Crippen LogP contribution in [0.25, 0.3) is 0 Å². The normalized spacial score (nSPS) is 15.2. The summed E-state index contributed by atoms with van der Waals surface area (Å²) in [6.07, 6.45) is -1.20. The van der Waals surface area contributed by atoms with E-state index in [1.165, 1.54) is 24.3 Å². The van der Waals surface area contributed by atoms with Gasteiger partial charge in [-0.2, -0.15) is 8.78 Å². The fourth-order valence-corrected chi connectivity index (χ4v) is 2.84. The van der Waals surface area contributed by atoms with Crippen molar-refractivity contribution >= 4 is 11.9 Å². The number of morpholine rings is 1. The van der Waals surface area contributed by atoms with Gasteiger partial charge in [0.25, 0.3) is 5.91 Å². The Labute approximate surface area is 160 Å². The van der Waals surface area contributed by atoms with Gasteiger partial charge in [-0.25, -0.2) is 4.79 Å². The zero-order valence-corrected chi connectivity index (χ0v) is 14.9. The Morgan fingerprint density at radius 3 is 2.29 bits per heavy atom. The molecule has 0 saturated carbocycles. The summed E-state index contributed by atoms with van der Waals surface area (Å²) in [6, 6.07) is 14.0. The second kappa shape index (κ2) is 9.27. The third kappa shape index (κ3) is 4.83. The third-order valence-electron chi connectivity index (χ3n) is 4.20. The summed E-state index contributed by atoms with van der Waals surface area (Å²) in [5, 5.41) is 0. The average molecular weight is 391 g/mol. The number of benzene rings is 2. The summed E-state index contributed by atoms with van der Waals surface area (Å²) in [5.74, 6) is -1.63. The minimum absolute atomic E-state index is 0.182. The largest absolute Gasteiger partial charge is 0.444 e. The van der Waals surface area contributed by atoms with Gasteiger partial charge in [0.1, 0.15) is 11.3 Å². The zero-order chi connectivity index (χ0) is 19.9. The number of nitrogens with zero attached hydrogens (tertiary/aromatic N) is 1. The SMILES string of the molecule is O=C(OC(C(=O)N1CCOCC1)c1ccccc1)c1ccccc1OC(F)F. The zero-order valence-electron chi connectivity index (χ0n) is 14.9. The van der Waals surface area contributed by atoms with Gasteiger partial charge in [0, 0.05) is 18.7 Å². The van der Waals surface area contributed by atoms with Crippen LogP contribution in [0.5, 0.6) is 5.75 Å². The molecule has 0 radical (unpaired) electrons. The van der Waals surface area contributed by atoms with Crippen molar-refractivity contribution in [2.45, 2.75) is 12.7 Å². The molecule has 148 valence electrons. The maximum Gasteiger partial charge on any atom is 0.387 e. The lowest BCUT2D eigenvalue weighted by Crippen LogP contribution is -2.44. The van der Waals surface area contributed by atoms with Gasteiger partial charge in [-0.3, -0.25) is 4.79 Å². The highest BCUT2D eigenvalue weighted by molar-refractivity contribution is 5.95. The second-order valence-corrected chi connectivity index (χ2v) is 6.01. The molecule has 1 heterocycles. The molecule has 0 bridgehead atoms. The highest BCUT2D eigenvalue weighted by Gasteiger charge is 2.31. The molecule has 1 fully saturated rings. The Morgan fingerprint density at radius 2 is 1.61 bits per heavy atom. The molecule has 1 atom stereocenters. The number of alkyl halides is 2. The molecular weight excluding hydrogens is 372 g/mol. The van der Waals surface area contributed by atoms with Crippen molar-refractivity contribution < 1.29 is 32.6 Å². The van der Waals surface area contributed by atoms with Crippen LogP contribution >= 0.6 is 0 Å². The molecule has 1 saturated heterocycles. The van der Waals surface area contributed by atoms with Crippen molar-refractivity contribution in [2.24, 2.45) is 0 Å². The predicted molar refractivity (Wildman–Crippen MR) is 95.1 cm³/mol. The molecular formula is C20H19F2NO5. The highest BCUT2D eigenvalue weighted by atomic mass is 19.3. The molecule has 1 aliphatic heterocycles. The molecule has 1 unspecified atom stereocenters. The first-order valence-electron chi connectivity index (χ1n) is 8.72. The third-order valence-corrected chi connectivity index (χ3v) is 4.20. The molecule has 2 aromatic carbocycles. The van der Waals surface area contributed by atoms with E-state index in [1.54, 1.807) is 35.2 Å². The number of carbonyl (C=O) groups excluding carboxylic acids is 2. The quantitative estimate of drug-likeness (QED) is 0.709. The maximum absolute atomic E-state index is 13.0. The molecule has 2 aromatic rings. The average Bonchev–Trinajstić information content (AvgIpc) is 2.72. The molecule has 0 N–H and O–H groups in total. The second-order valence-electron chi connectivity index (χ2n) is 6.01. The van der Waals surface area contributed by atoms with E-state index in [9.17, 15) is 18.4 Å². The van der Waals surface area contributed by atoms with Gasteiger partial charge in [0.15, 0.2) is 0 Å². The highest BCUT2D eigenvalue weighted by Crippen LogP contribution is 2.26. The number of rotatable bonds is 6. The van der Waals surface area contributed by atoms with Crippen LogP contribution in [0.4, 0.5) is 8.78 Å². The topological polar surface area (TPSA) is 65.1 Å². The minimum Gasteiger partial charge on any atom is -0.444 e. The van der Waals surface area contributed by atoms with E-state index in [1.807, 2.05) is 0 Å². The fourth-order valence-electron chi connectivity index (χ4n) is 2.84. The molecule has 1 amide bonds. The smallest absolute Gasteiger partial charge is 0.387 e. The summed E-state index contributed by atoms with van der Waals surface area (Å²) in [4.78, 5) is 27.2. The summed E-state index contributed by atoms with van der Waals surface area (Å²) < 4.78 is 40.3. The molecule has 0 aromatic heterocycles.